The molecule has 0 bridgehead atoms. The SMILES string of the molecule is CC(NP(=O)(OC[C@H]1O[C@@H](n2cnc3c(=O)[nH]c(N)nc32)[C@](C)(F)[C@@H]1O)Oc1ccccc1)C(=O)OC1CCCCC1. The molecule has 1 aromatic carbocycles. The lowest BCUT2D eigenvalue weighted by Crippen LogP contribution is -2.41. The lowest BCUT2D eigenvalue weighted by molar-refractivity contribution is -0.152. The number of carbonyl (C=O) groups is 1. The maximum Gasteiger partial charge on any atom is 0.459 e. The quantitative estimate of drug-likeness (QED) is 0.195. The highest BCUT2D eigenvalue weighted by Crippen LogP contribution is 2.48. The number of aliphatic hydroxyl groups is 1. The van der Waals surface area contributed by atoms with Gasteiger partial charge < -0.3 is 24.8 Å². The first-order valence-corrected chi connectivity index (χ1v) is 15.2. The van der Waals surface area contributed by atoms with Crippen LogP contribution in [0.15, 0.2) is 41.5 Å². The molecule has 1 aliphatic heterocycles. The third-order valence-corrected chi connectivity index (χ3v) is 8.98. The van der Waals surface area contributed by atoms with E-state index in [9.17, 15) is 19.3 Å². The van der Waals surface area contributed by atoms with Crippen molar-refractivity contribution in [3.8, 4) is 5.75 Å². The maximum absolute atomic E-state index is 15.9. The number of aromatic amines is 1. The summed E-state index contributed by atoms with van der Waals surface area (Å²) in [5.41, 5.74) is 2.45. The molecule has 2 unspecified atom stereocenters. The number of nitrogens with two attached hydrogens (primary N) is 1. The van der Waals surface area contributed by atoms with Crippen molar-refractivity contribution in [1.82, 2.24) is 24.6 Å². The third kappa shape index (κ3) is 6.35. The second-order valence-corrected chi connectivity index (χ2v) is 12.3. The van der Waals surface area contributed by atoms with Crippen molar-refractivity contribution in [2.75, 3.05) is 12.3 Å². The number of benzene rings is 1. The van der Waals surface area contributed by atoms with Crippen molar-refractivity contribution in [2.45, 2.75) is 82.2 Å². The minimum atomic E-state index is -4.32. The average Bonchev–Trinajstić information content (AvgIpc) is 3.46. The molecule has 5 rings (SSSR count). The number of imidazole rings is 1. The van der Waals surface area contributed by atoms with Crippen LogP contribution in [0.2, 0.25) is 0 Å². The molecule has 2 aromatic heterocycles. The van der Waals surface area contributed by atoms with Gasteiger partial charge in [0.1, 0.15) is 30.1 Å². The van der Waals surface area contributed by atoms with Crippen molar-refractivity contribution < 1.29 is 37.4 Å². The number of H-pyrrole nitrogens is 1. The van der Waals surface area contributed by atoms with Gasteiger partial charge in [0.25, 0.3) is 5.56 Å². The fourth-order valence-electron chi connectivity index (χ4n) is 5.09. The summed E-state index contributed by atoms with van der Waals surface area (Å²) in [6.07, 6.45) is 0.860. The summed E-state index contributed by atoms with van der Waals surface area (Å²) in [5, 5.41) is 13.4. The number of nitrogens with zero attached hydrogens (tertiary/aromatic N) is 3. The molecule has 0 radical (unpaired) electrons. The zero-order valence-electron chi connectivity index (χ0n) is 23.1. The fourth-order valence-corrected chi connectivity index (χ4v) is 6.59. The van der Waals surface area contributed by atoms with Crippen LogP contribution in [0.1, 0.15) is 52.2 Å². The topological polar surface area (TPSA) is 193 Å². The highest BCUT2D eigenvalue weighted by molar-refractivity contribution is 7.52. The molecular weight excluding hydrogens is 574 g/mol. The Kier molecular flexibility index (Phi) is 8.67. The Balaban J connectivity index is 1.32. The Morgan fingerprint density at radius 2 is 2.05 bits per heavy atom. The first-order chi connectivity index (χ1) is 20.0. The second-order valence-electron chi connectivity index (χ2n) is 10.6. The summed E-state index contributed by atoms with van der Waals surface area (Å²) < 4.78 is 53.6. The van der Waals surface area contributed by atoms with E-state index < -0.39 is 56.0 Å². The van der Waals surface area contributed by atoms with Crippen LogP contribution in [0.25, 0.3) is 11.2 Å². The molecule has 42 heavy (non-hydrogen) atoms. The van der Waals surface area contributed by atoms with Gasteiger partial charge in [0.2, 0.25) is 5.95 Å². The van der Waals surface area contributed by atoms with E-state index in [0.29, 0.717) is 0 Å². The lowest BCUT2D eigenvalue weighted by atomic mass is 9.98. The minimum Gasteiger partial charge on any atom is -0.461 e. The van der Waals surface area contributed by atoms with Crippen LogP contribution in [-0.2, 0) is 23.4 Å². The predicted octanol–water partition coefficient (Wildman–Crippen LogP) is 2.75. The second kappa shape index (κ2) is 12.1. The van der Waals surface area contributed by atoms with E-state index >= 15 is 4.39 Å². The van der Waals surface area contributed by atoms with E-state index in [-0.39, 0.29) is 29.0 Å². The number of anilines is 1. The zero-order valence-corrected chi connectivity index (χ0v) is 24.0. The normalized spacial score (nSPS) is 27.0. The summed E-state index contributed by atoms with van der Waals surface area (Å²) in [4.78, 5) is 35.3. The smallest absolute Gasteiger partial charge is 0.459 e. The van der Waals surface area contributed by atoms with E-state index in [1.54, 1.807) is 30.3 Å². The van der Waals surface area contributed by atoms with E-state index in [4.69, 9.17) is 24.3 Å². The number of ether oxygens (including phenoxy) is 2. The van der Waals surface area contributed by atoms with Crippen molar-refractivity contribution >= 4 is 30.8 Å². The van der Waals surface area contributed by atoms with Gasteiger partial charge in [-0.15, -0.1) is 0 Å². The van der Waals surface area contributed by atoms with Crippen molar-refractivity contribution in [3.05, 3.63) is 47.0 Å². The molecule has 5 N–H and O–H groups in total. The Hall–Kier alpha value is -3.36. The molecule has 3 aromatic rings. The van der Waals surface area contributed by atoms with Gasteiger partial charge in [-0.05, 0) is 51.7 Å². The summed E-state index contributed by atoms with van der Waals surface area (Å²) >= 11 is 0. The maximum atomic E-state index is 15.9. The van der Waals surface area contributed by atoms with Crippen LogP contribution in [0, 0.1) is 0 Å². The Morgan fingerprint density at radius 3 is 2.76 bits per heavy atom. The van der Waals surface area contributed by atoms with E-state index in [1.165, 1.54) is 6.92 Å². The molecule has 1 saturated carbocycles. The Bertz CT molecular complexity index is 1510. The van der Waals surface area contributed by atoms with Gasteiger partial charge >= 0.3 is 13.7 Å². The lowest BCUT2D eigenvalue weighted by Gasteiger charge is -2.27. The van der Waals surface area contributed by atoms with Gasteiger partial charge in [-0.1, -0.05) is 24.6 Å². The summed E-state index contributed by atoms with van der Waals surface area (Å²) in [6, 6.07) is 7.06. The number of aliphatic hydroxyl groups excluding tert-OH is 1. The molecule has 2 fully saturated rings. The predicted molar refractivity (Wildman–Crippen MR) is 148 cm³/mol. The highest BCUT2D eigenvalue weighted by Gasteiger charge is 2.56. The van der Waals surface area contributed by atoms with Gasteiger partial charge in [-0.3, -0.25) is 23.7 Å². The molecule has 0 amide bonds. The summed E-state index contributed by atoms with van der Waals surface area (Å²) in [5.74, 6) is -0.653. The number of esters is 1. The number of hydrogen-bond acceptors (Lipinski definition) is 11. The molecule has 0 spiro atoms. The number of halogens is 1. The molecule has 2 aliphatic rings. The Labute approximate surface area is 240 Å². The first-order valence-electron chi connectivity index (χ1n) is 13.7. The monoisotopic (exact) mass is 608 g/mol. The van der Waals surface area contributed by atoms with Crippen LogP contribution in [0.5, 0.6) is 5.75 Å². The number of para-hydroxylation sites is 1. The number of carbonyl (C=O) groups excluding carboxylic acids is 1. The third-order valence-electron chi connectivity index (χ3n) is 7.34. The molecular formula is C26H34FN6O8P. The molecule has 228 valence electrons. The number of alkyl halides is 1. The Morgan fingerprint density at radius 1 is 1.33 bits per heavy atom. The molecule has 16 heteroatoms. The zero-order chi connectivity index (χ0) is 30.1. The number of nitrogens with one attached hydrogen (secondary N) is 2. The van der Waals surface area contributed by atoms with Crippen LogP contribution < -0.4 is 20.9 Å². The minimum absolute atomic E-state index is 0.0519. The van der Waals surface area contributed by atoms with Crippen LogP contribution in [0.4, 0.5) is 10.3 Å². The summed E-state index contributed by atoms with van der Waals surface area (Å²) in [6.45, 7) is 1.98. The molecule has 14 nitrogen and oxygen atoms in total. The molecule has 6 atom stereocenters. The van der Waals surface area contributed by atoms with Crippen LogP contribution >= 0.6 is 7.75 Å². The summed E-state index contributed by atoms with van der Waals surface area (Å²) in [7, 11) is -4.32. The van der Waals surface area contributed by atoms with Gasteiger partial charge in [-0.25, -0.2) is 13.9 Å². The van der Waals surface area contributed by atoms with Crippen LogP contribution in [-0.4, -0.2) is 67.2 Å². The van der Waals surface area contributed by atoms with E-state index in [0.717, 1.165) is 49.9 Å². The number of nitrogen functional groups attached to an aromatic ring is 1. The molecule has 3 heterocycles. The highest BCUT2D eigenvalue weighted by atomic mass is 31.2. The van der Waals surface area contributed by atoms with E-state index in [2.05, 4.69) is 20.0 Å². The largest absolute Gasteiger partial charge is 0.461 e. The standard InChI is InChI=1S/C26H34FN6O8P/c1-15(23(36)39-16-9-5-3-6-10-16)32-42(37,41-17-11-7-4-8-12-17)38-13-18-20(34)26(2,27)24(40-18)33-14-29-19-21(33)30-25(28)31-22(19)35/h4,7-8,11-12,14-16,18,20,24,34H,3,5-6,9-10,13H2,1-2H3,(H,32,37)(H3,28,30,31,35)/t15?,18-,20-,24-,26-,42?/m1/s1. The van der Waals surface area contributed by atoms with E-state index in [1.807, 2.05) is 0 Å². The number of rotatable bonds is 10. The van der Waals surface area contributed by atoms with Crippen molar-refractivity contribution in [2.24, 2.45) is 0 Å². The molecule has 1 saturated heterocycles. The van der Waals surface area contributed by atoms with Crippen molar-refractivity contribution in [1.29, 1.82) is 0 Å². The fraction of sp³-hybridized carbons (Fsp3) is 0.538. The number of fused-ring (bicyclic) bond motifs is 1. The van der Waals surface area contributed by atoms with Gasteiger partial charge in [-0.2, -0.15) is 10.1 Å². The van der Waals surface area contributed by atoms with Crippen LogP contribution in [0.3, 0.4) is 0 Å². The van der Waals surface area contributed by atoms with Gasteiger partial charge in [0.05, 0.1) is 12.9 Å². The van der Waals surface area contributed by atoms with Gasteiger partial charge in [0, 0.05) is 0 Å². The average molecular weight is 609 g/mol. The van der Waals surface area contributed by atoms with Gasteiger partial charge in [0.15, 0.2) is 23.1 Å². The number of aromatic nitrogens is 4. The first kappa shape index (κ1) is 30.1. The van der Waals surface area contributed by atoms with Crippen molar-refractivity contribution in [3.63, 3.8) is 0 Å². The number of hydrogen-bond donors (Lipinski definition) is 4. The molecule has 1 aliphatic carbocycles.